The molecular weight excluding hydrogens is 341 g/mol. The summed E-state index contributed by atoms with van der Waals surface area (Å²) >= 11 is 5.93. The zero-order valence-corrected chi connectivity index (χ0v) is 13.7. The molecule has 1 N–H and O–H groups in total. The number of halogens is 2. The lowest BCUT2D eigenvalue weighted by molar-refractivity contribution is -0.115. The zero-order chi connectivity index (χ0) is 16.9. The Kier molecular flexibility index (Phi) is 5.74. The molecule has 0 radical (unpaired) electrons. The van der Waals surface area contributed by atoms with Gasteiger partial charge < -0.3 is 5.32 Å². The molecule has 0 aromatic heterocycles. The predicted molar refractivity (Wildman–Crippen MR) is 88.6 cm³/mol. The van der Waals surface area contributed by atoms with E-state index in [2.05, 4.69) is 5.32 Å². The second kappa shape index (κ2) is 7.57. The number of benzene rings is 2. The predicted octanol–water partition coefficient (Wildman–Crippen LogP) is 3.42. The zero-order valence-electron chi connectivity index (χ0n) is 12.1. The Labute approximate surface area is 139 Å². The molecule has 1 amide bonds. The number of anilines is 1. The Morgan fingerprint density at radius 1 is 1.09 bits per heavy atom. The third kappa shape index (κ3) is 5.33. The lowest BCUT2D eigenvalue weighted by Gasteiger charge is -2.08. The van der Waals surface area contributed by atoms with Crippen LogP contribution in [0.5, 0.6) is 0 Å². The van der Waals surface area contributed by atoms with Crippen molar-refractivity contribution in [3.8, 4) is 0 Å². The number of nitrogens with one attached hydrogen (secondary N) is 1. The summed E-state index contributed by atoms with van der Waals surface area (Å²) in [6.45, 7) is 0. The van der Waals surface area contributed by atoms with Crippen LogP contribution < -0.4 is 5.32 Å². The van der Waals surface area contributed by atoms with Crippen molar-refractivity contribution >= 4 is 33.0 Å². The minimum Gasteiger partial charge on any atom is -0.324 e. The number of para-hydroxylation sites is 1. The van der Waals surface area contributed by atoms with Crippen molar-refractivity contribution < 1.29 is 17.6 Å². The molecule has 23 heavy (non-hydrogen) atoms. The number of carbonyl (C=O) groups is 1. The fourth-order valence-electron chi connectivity index (χ4n) is 1.95. The standard InChI is InChI=1S/C16H15ClFNO3S/c17-13-6-2-1-5-12(13)11-23(21,22)10-9-16(20)19-15-8-4-3-7-14(15)18/h1-8H,9-11H2,(H,19,20). The van der Waals surface area contributed by atoms with E-state index in [0.29, 0.717) is 10.6 Å². The lowest BCUT2D eigenvalue weighted by atomic mass is 10.2. The van der Waals surface area contributed by atoms with E-state index in [1.54, 1.807) is 30.3 Å². The third-order valence-electron chi connectivity index (χ3n) is 3.12. The molecule has 0 saturated carbocycles. The molecule has 122 valence electrons. The summed E-state index contributed by atoms with van der Waals surface area (Å²) in [6.07, 6.45) is -0.249. The maximum absolute atomic E-state index is 13.4. The number of hydrogen-bond donors (Lipinski definition) is 1. The van der Waals surface area contributed by atoms with Crippen LogP contribution in [0.25, 0.3) is 0 Å². The van der Waals surface area contributed by atoms with Gasteiger partial charge in [-0.05, 0) is 23.8 Å². The van der Waals surface area contributed by atoms with Crippen molar-refractivity contribution in [2.75, 3.05) is 11.1 Å². The monoisotopic (exact) mass is 355 g/mol. The molecule has 0 heterocycles. The van der Waals surface area contributed by atoms with E-state index in [9.17, 15) is 17.6 Å². The van der Waals surface area contributed by atoms with Crippen molar-refractivity contribution in [1.82, 2.24) is 0 Å². The van der Waals surface area contributed by atoms with Gasteiger partial charge in [-0.2, -0.15) is 0 Å². The number of sulfone groups is 1. The number of carbonyl (C=O) groups excluding carboxylic acids is 1. The molecule has 0 saturated heterocycles. The van der Waals surface area contributed by atoms with Crippen LogP contribution in [0, 0.1) is 5.82 Å². The average molecular weight is 356 g/mol. The van der Waals surface area contributed by atoms with Gasteiger partial charge in [0.05, 0.1) is 17.2 Å². The summed E-state index contributed by atoms with van der Waals surface area (Å²) in [6, 6.07) is 12.3. The van der Waals surface area contributed by atoms with Crippen molar-refractivity contribution in [1.29, 1.82) is 0 Å². The van der Waals surface area contributed by atoms with Crippen LogP contribution in [0.1, 0.15) is 12.0 Å². The molecule has 0 aliphatic carbocycles. The summed E-state index contributed by atoms with van der Waals surface area (Å²) in [5.41, 5.74) is 0.518. The number of amides is 1. The molecule has 2 aromatic rings. The summed E-state index contributed by atoms with van der Waals surface area (Å²) in [7, 11) is -3.49. The first-order valence-corrected chi connectivity index (χ1v) is 9.05. The topological polar surface area (TPSA) is 63.2 Å². The molecule has 0 aliphatic heterocycles. The van der Waals surface area contributed by atoms with E-state index in [1.807, 2.05) is 0 Å². The van der Waals surface area contributed by atoms with Crippen molar-refractivity contribution in [2.24, 2.45) is 0 Å². The highest BCUT2D eigenvalue weighted by Crippen LogP contribution is 2.18. The second-order valence-electron chi connectivity index (χ2n) is 4.96. The minimum absolute atomic E-state index is 0.0287. The fraction of sp³-hybridized carbons (Fsp3) is 0.188. The van der Waals surface area contributed by atoms with E-state index >= 15 is 0 Å². The molecular formula is C16H15ClFNO3S. The molecule has 0 bridgehead atoms. The van der Waals surface area contributed by atoms with Crippen LogP contribution in [0.15, 0.2) is 48.5 Å². The van der Waals surface area contributed by atoms with Crippen LogP contribution in [0.2, 0.25) is 5.02 Å². The van der Waals surface area contributed by atoms with Gasteiger partial charge in [-0.15, -0.1) is 0 Å². The van der Waals surface area contributed by atoms with Gasteiger partial charge in [0.15, 0.2) is 9.84 Å². The Morgan fingerprint density at radius 3 is 2.43 bits per heavy atom. The summed E-state index contributed by atoms with van der Waals surface area (Å²) < 4.78 is 37.5. The van der Waals surface area contributed by atoms with E-state index in [-0.39, 0.29) is 23.6 Å². The maximum Gasteiger partial charge on any atom is 0.225 e. The quantitative estimate of drug-likeness (QED) is 0.863. The fourth-order valence-corrected chi connectivity index (χ4v) is 3.60. The summed E-state index contributed by atoms with van der Waals surface area (Å²) in [5, 5.41) is 2.72. The Morgan fingerprint density at radius 2 is 1.74 bits per heavy atom. The first-order chi connectivity index (χ1) is 10.9. The normalized spacial score (nSPS) is 11.2. The minimum atomic E-state index is -3.49. The maximum atomic E-state index is 13.4. The van der Waals surface area contributed by atoms with Gasteiger partial charge in [-0.25, -0.2) is 12.8 Å². The van der Waals surface area contributed by atoms with Crippen LogP contribution >= 0.6 is 11.6 Å². The molecule has 0 aliphatic rings. The molecule has 2 aromatic carbocycles. The smallest absolute Gasteiger partial charge is 0.225 e. The molecule has 0 atom stereocenters. The molecule has 4 nitrogen and oxygen atoms in total. The van der Waals surface area contributed by atoms with E-state index in [4.69, 9.17) is 11.6 Å². The molecule has 2 rings (SSSR count). The van der Waals surface area contributed by atoms with E-state index in [1.165, 1.54) is 18.2 Å². The van der Waals surface area contributed by atoms with Gasteiger partial charge in [-0.3, -0.25) is 4.79 Å². The number of hydrogen-bond acceptors (Lipinski definition) is 3. The largest absolute Gasteiger partial charge is 0.324 e. The highest BCUT2D eigenvalue weighted by atomic mass is 35.5. The highest BCUT2D eigenvalue weighted by molar-refractivity contribution is 7.90. The third-order valence-corrected chi connectivity index (χ3v) is 5.07. The van der Waals surface area contributed by atoms with Gasteiger partial charge in [0.2, 0.25) is 5.91 Å². The molecule has 0 spiro atoms. The first-order valence-electron chi connectivity index (χ1n) is 6.85. The summed E-state index contributed by atoms with van der Waals surface area (Å²) in [5.74, 6) is -1.70. The van der Waals surface area contributed by atoms with Crippen molar-refractivity contribution in [3.63, 3.8) is 0 Å². The van der Waals surface area contributed by atoms with E-state index < -0.39 is 21.6 Å². The number of rotatable bonds is 6. The van der Waals surface area contributed by atoms with Gasteiger partial charge in [0, 0.05) is 11.4 Å². The van der Waals surface area contributed by atoms with Gasteiger partial charge in [0.25, 0.3) is 0 Å². The molecule has 0 unspecified atom stereocenters. The molecule has 7 heteroatoms. The van der Waals surface area contributed by atoms with Gasteiger partial charge >= 0.3 is 0 Å². The Hall–Kier alpha value is -1.92. The second-order valence-corrected chi connectivity index (χ2v) is 7.55. The van der Waals surface area contributed by atoms with Crippen LogP contribution in [-0.4, -0.2) is 20.1 Å². The first kappa shape index (κ1) is 17.4. The van der Waals surface area contributed by atoms with Crippen molar-refractivity contribution in [3.05, 3.63) is 64.9 Å². The van der Waals surface area contributed by atoms with Gasteiger partial charge in [0.1, 0.15) is 5.82 Å². The van der Waals surface area contributed by atoms with Crippen LogP contribution in [0.4, 0.5) is 10.1 Å². The Balaban J connectivity index is 1.93. The van der Waals surface area contributed by atoms with Crippen LogP contribution in [0.3, 0.4) is 0 Å². The van der Waals surface area contributed by atoms with Crippen LogP contribution in [-0.2, 0) is 20.4 Å². The van der Waals surface area contributed by atoms with Crippen molar-refractivity contribution in [2.45, 2.75) is 12.2 Å². The highest BCUT2D eigenvalue weighted by Gasteiger charge is 2.16. The van der Waals surface area contributed by atoms with E-state index in [0.717, 1.165) is 0 Å². The SMILES string of the molecule is O=C(CCS(=O)(=O)Cc1ccccc1Cl)Nc1ccccc1F. The summed E-state index contributed by atoms with van der Waals surface area (Å²) in [4.78, 5) is 11.8. The van der Waals surface area contributed by atoms with Gasteiger partial charge in [-0.1, -0.05) is 41.9 Å². The Bertz CT molecular complexity index is 808. The average Bonchev–Trinajstić information content (AvgIpc) is 2.50. The molecule has 0 fully saturated rings. The lowest BCUT2D eigenvalue weighted by Crippen LogP contribution is -2.19.